The van der Waals surface area contributed by atoms with Crippen LogP contribution in [0.4, 0.5) is 5.69 Å². The second kappa shape index (κ2) is 8.91. The third kappa shape index (κ3) is 4.87. The zero-order chi connectivity index (χ0) is 22.1. The van der Waals surface area contributed by atoms with Crippen molar-refractivity contribution < 1.29 is 13.9 Å². The third-order valence-electron chi connectivity index (χ3n) is 4.55. The molecule has 3 aromatic carbocycles. The van der Waals surface area contributed by atoms with Crippen LogP contribution in [0.5, 0.6) is 5.75 Å². The lowest BCUT2D eigenvalue weighted by molar-refractivity contribution is -0.118. The van der Waals surface area contributed by atoms with E-state index in [1.54, 1.807) is 36.4 Å². The zero-order valence-corrected chi connectivity index (χ0v) is 19.7. The molecule has 0 aliphatic carbocycles. The van der Waals surface area contributed by atoms with E-state index >= 15 is 0 Å². The van der Waals surface area contributed by atoms with Crippen LogP contribution in [0.25, 0.3) is 22.6 Å². The lowest BCUT2D eigenvalue weighted by Crippen LogP contribution is -2.20. The summed E-state index contributed by atoms with van der Waals surface area (Å²) < 4.78 is 12.3. The van der Waals surface area contributed by atoms with E-state index in [0.29, 0.717) is 44.0 Å². The van der Waals surface area contributed by atoms with Gasteiger partial charge in [-0.2, -0.15) is 0 Å². The van der Waals surface area contributed by atoms with Gasteiger partial charge in [-0.05, 0) is 83.4 Å². The van der Waals surface area contributed by atoms with Crippen molar-refractivity contribution in [1.29, 1.82) is 0 Å². The van der Waals surface area contributed by atoms with Crippen molar-refractivity contribution in [3.63, 3.8) is 0 Å². The smallest absolute Gasteiger partial charge is 0.262 e. The summed E-state index contributed by atoms with van der Waals surface area (Å²) in [5, 5.41) is 3.80. The van der Waals surface area contributed by atoms with Crippen LogP contribution in [-0.2, 0) is 4.79 Å². The van der Waals surface area contributed by atoms with Gasteiger partial charge in [0.25, 0.3) is 5.91 Å². The number of ether oxygens (including phenoxy) is 1. The average Bonchev–Trinajstić information content (AvgIpc) is 3.10. The number of aryl methyl sites for hydroxylation is 2. The molecule has 4 aromatic rings. The first-order valence-electron chi connectivity index (χ1n) is 9.35. The van der Waals surface area contributed by atoms with E-state index in [2.05, 4.69) is 26.2 Å². The van der Waals surface area contributed by atoms with Gasteiger partial charge in [0.15, 0.2) is 12.2 Å². The molecular formula is C23H17BrCl2N2O3. The highest BCUT2D eigenvalue weighted by Crippen LogP contribution is 2.33. The van der Waals surface area contributed by atoms with Crippen LogP contribution >= 0.6 is 39.1 Å². The van der Waals surface area contributed by atoms with Crippen LogP contribution < -0.4 is 10.1 Å². The maximum atomic E-state index is 12.4. The van der Waals surface area contributed by atoms with Crippen molar-refractivity contribution >= 4 is 61.8 Å². The fourth-order valence-electron chi connectivity index (χ4n) is 3.20. The predicted octanol–water partition coefficient (Wildman–Crippen LogP) is 7.20. The van der Waals surface area contributed by atoms with E-state index in [1.807, 2.05) is 26.0 Å². The Morgan fingerprint density at radius 2 is 1.94 bits per heavy atom. The minimum absolute atomic E-state index is 0.120. The fourth-order valence-corrected chi connectivity index (χ4v) is 4.48. The summed E-state index contributed by atoms with van der Waals surface area (Å²) in [6.07, 6.45) is 0. The van der Waals surface area contributed by atoms with Crippen LogP contribution in [0.15, 0.2) is 57.4 Å². The van der Waals surface area contributed by atoms with Crippen molar-refractivity contribution in [3.8, 4) is 17.2 Å². The monoisotopic (exact) mass is 518 g/mol. The molecule has 0 radical (unpaired) electrons. The quantitative estimate of drug-likeness (QED) is 0.303. The van der Waals surface area contributed by atoms with Gasteiger partial charge in [-0.1, -0.05) is 29.3 Å². The Balaban J connectivity index is 1.48. The summed E-state index contributed by atoms with van der Waals surface area (Å²) in [4.78, 5) is 16.9. The molecule has 1 N–H and O–H groups in total. The number of benzene rings is 3. The number of anilines is 1. The molecule has 0 saturated heterocycles. The van der Waals surface area contributed by atoms with Gasteiger partial charge in [0.05, 0.1) is 15.1 Å². The molecule has 0 aliphatic heterocycles. The normalized spacial score (nSPS) is 11.0. The molecule has 0 aliphatic rings. The number of fused-ring (bicyclic) bond motifs is 1. The Hall–Kier alpha value is -2.54. The maximum Gasteiger partial charge on any atom is 0.262 e. The Bertz CT molecular complexity index is 1280. The number of nitrogens with zero attached hydrogens (tertiary/aromatic N) is 1. The first-order chi connectivity index (χ1) is 14.8. The summed E-state index contributed by atoms with van der Waals surface area (Å²) in [6.45, 7) is 3.82. The lowest BCUT2D eigenvalue weighted by atomic mass is 10.1. The second-order valence-corrected chi connectivity index (χ2v) is 8.75. The number of amides is 1. The third-order valence-corrected chi connectivity index (χ3v) is 5.69. The van der Waals surface area contributed by atoms with Gasteiger partial charge >= 0.3 is 0 Å². The Morgan fingerprint density at radius 3 is 2.68 bits per heavy atom. The molecule has 0 unspecified atom stereocenters. The molecule has 0 saturated carbocycles. The molecule has 1 heterocycles. The molecule has 158 valence electrons. The van der Waals surface area contributed by atoms with Gasteiger partial charge in [-0.3, -0.25) is 4.79 Å². The van der Waals surface area contributed by atoms with E-state index in [1.165, 1.54) is 0 Å². The summed E-state index contributed by atoms with van der Waals surface area (Å²) in [5.41, 5.74) is 4.47. The van der Waals surface area contributed by atoms with Gasteiger partial charge in [-0.25, -0.2) is 4.98 Å². The Labute approximate surface area is 197 Å². The standard InChI is InChI=1S/C23H17BrCl2N2O3/c1-12-7-13(2)22(17(24)8-12)30-11-21(29)27-15-4-6-20-19(10-15)28-23(31-20)16-5-3-14(25)9-18(16)26/h3-10H,11H2,1-2H3,(H,27,29). The molecule has 4 rings (SSSR count). The van der Waals surface area contributed by atoms with Gasteiger partial charge in [0, 0.05) is 10.7 Å². The molecule has 0 atom stereocenters. The van der Waals surface area contributed by atoms with Crippen LogP contribution in [-0.4, -0.2) is 17.5 Å². The molecule has 1 amide bonds. The Kier molecular flexibility index (Phi) is 6.23. The predicted molar refractivity (Wildman–Crippen MR) is 127 cm³/mol. The number of hydrogen-bond acceptors (Lipinski definition) is 4. The van der Waals surface area contributed by atoms with E-state index < -0.39 is 0 Å². The number of aromatic nitrogens is 1. The minimum Gasteiger partial charge on any atom is -0.482 e. The average molecular weight is 520 g/mol. The summed E-state index contributed by atoms with van der Waals surface area (Å²) in [6, 6.07) is 14.3. The molecule has 8 heteroatoms. The topological polar surface area (TPSA) is 64.4 Å². The van der Waals surface area contributed by atoms with E-state index in [9.17, 15) is 4.79 Å². The Morgan fingerprint density at radius 1 is 1.13 bits per heavy atom. The fraction of sp³-hybridized carbons (Fsp3) is 0.130. The van der Waals surface area contributed by atoms with E-state index in [-0.39, 0.29) is 12.5 Å². The molecule has 5 nitrogen and oxygen atoms in total. The molecule has 1 aromatic heterocycles. The lowest BCUT2D eigenvalue weighted by Gasteiger charge is -2.12. The first kappa shape index (κ1) is 21.7. The molecule has 0 bridgehead atoms. The van der Waals surface area contributed by atoms with Crippen molar-refractivity contribution in [2.24, 2.45) is 0 Å². The number of oxazole rings is 1. The summed E-state index contributed by atoms with van der Waals surface area (Å²) in [7, 11) is 0. The van der Waals surface area contributed by atoms with Crippen LogP contribution in [0, 0.1) is 13.8 Å². The zero-order valence-electron chi connectivity index (χ0n) is 16.6. The van der Waals surface area contributed by atoms with Crippen LogP contribution in [0.3, 0.4) is 0 Å². The van der Waals surface area contributed by atoms with Crippen molar-refractivity contribution in [2.75, 3.05) is 11.9 Å². The molecule has 0 spiro atoms. The van der Waals surface area contributed by atoms with Gasteiger partial charge < -0.3 is 14.5 Å². The number of carbonyl (C=O) groups excluding carboxylic acids is 1. The summed E-state index contributed by atoms with van der Waals surface area (Å²) in [5.74, 6) is 0.746. The van der Waals surface area contributed by atoms with Gasteiger partial charge in [-0.15, -0.1) is 0 Å². The molecule has 0 fully saturated rings. The van der Waals surface area contributed by atoms with Crippen molar-refractivity contribution in [2.45, 2.75) is 13.8 Å². The maximum absolute atomic E-state index is 12.4. The molecular weight excluding hydrogens is 503 g/mol. The number of halogens is 3. The van der Waals surface area contributed by atoms with Gasteiger partial charge in [0.1, 0.15) is 11.3 Å². The number of rotatable bonds is 5. The highest BCUT2D eigenvalue weighted by Gasteiger charge is 2.14. The van der Waals surface area contributed by atoms with Crippen LogP contribution in [0.2, 0.25) is 10.0 Å². The highest BCUT2D eigenvalue weighted by atomic mass is 79.9. The highest BCUT2D eigenvalue weighted by molar-refractivity contribution is 9.10. The first-order valence-corrected chi connectivity index (χ1v) is 10.9. The number of carbonyl (C=O) groups is 1. The van der Waals surface area contributed by atoms with Crippen molar-refractivity contribution in [1.82, 2.24) is 4.98 Å². The van der Waals surface area contributed by atoms with Crippen LogP contribution in [0.1, 0.15) is 11.1 Å². The van der Waals surface area contributed by atoms with Gasteiger partial charge in [0.2, 0.25) is 5.89 Å². The molecule has 31 heavy (non-hydrogen) atoms. The second-order valence-electron chi connectivity index (χ2n) is 7.06. The number of hydrogen-bond donors (Lipinski definition) is 1. The van der Waals surface area contributed by atoms with Crippen molar-refractivity contribution in [3.05, 3.63) is 74.2 Å². The largest absolute Gasteiger partial charge is 0.482 e. The van der Waals surface area contributed by atoms with E-state index in [4.69, 9.17) is 32.4 Å². The number of nitrogens with one attached hydrogen (secondary N) is 1. The summed E-state index contributed by atoms with van der Waals surface area (Å²) >= 11 is 15.7. The SMILES string of the molecule is Cc1cc(C)c(OCC(=O)Nc2ccc3oc(-c4ccc(Cl)cc4Cl)nc3c2)c(Br)c1. The minimum atomic E-state index is -0.282. The van der Waals surface area contributed by atoms with E-state index in [0.717, 1.165) is 15.6 Å².